The zero-order valence-corrected chi connectivity index (χ0v) is 12.1. The van der Waals surface area contributed by atoms with Crippen molar-refractivity contribution in [3.63, 3.8) is 0 Å². The maximum absolute atomic E-state index is 12.2. The molecule has 0 aromatic heterocycles. The minimum atomic E-state index is -0.469. The second-order valence-electron chi connectivity index (χ2n) is 4.87. The van der Waals surface area contributed by atoms with Gasteiger partial charge in [-0.15, -0.1) is 0 Å². The average molecular weight is 278 g/mol. The van der Waals surface area contributed by atoms with E-state index in [-0.39, 0.29) is 5.91 Å². The molecule has 1 atom stereocenters. The quantitative estimate of drug-likeness (QED) is 0.874. The Kier molecular flexibility index (Phi) is 5.38. The van der Waals surface area contributed by atoms with E-state index in [9.17, 15) is 4.79 Å². The number of hydrogen-bond donors (Lipinski definition) is 1. The molecule has 0 aliphatic carbocycles. The third-order valence-electron chi connectivity index (χ3n) is 3.29. The Balaban J connectivity index is 1.89. The summed E-state index contributed by atoms with van der Waals surface area (Å²) in [7, 11) is 1.91. The van der Waals surface area contributed by atoms with Crippen LogP contribution in [0.5, 0.6) is 5.75 Å². The molecule has 1 amide bonds. The number of morpholine rings is 1. The zero-order valence-electron chi connectivity index (χ0n) is 12.1. The molecule has 0 spiro atoms. The SMILES string of the molecule is CNCc1ccc(OC(C)C(=O)N2CCOCC2)cc1. The van der Waals surface area contributed by atoms with Crippen LogP contribution in [-0.2, 0) is 16.1 Å². The van der Waals surface area contributed by atoms with Gasteiger partial charge in [-0.05, 0) is 31.7 Å². The van der Waals surface area contributed by atoms with Crippen molar-refractivity contribution >= 4 is 5.91 Å². The third-order valence-corrected chi connectivity index (χ3v) is 3.29. The lowest BCUT2D eigenvalue weighted by Crippen LogP contribution is -2.46. The third kappa shape index (κ3) is 3.95. The van der Waals surface area contributed by atoms with Crippen molar-refractivity contribution in [2.24, 2.45) is 0 Å². The van der Waals surface area contributed by atoms with Crippen LogP contribution in [0, 0.1) is 0 Å². The minimum absolute atomic E-state index is 0.0209. The van der Waals surface area contributed by atoms with Gasteiger partial charge in [0.1, 0.15) is 5.75 Å². The van der Waals surface area contributed by atoms with Gasteiger partial charge in [-0.1, -0.05) is 12.1 Å². The van der Waals surface area contributed by atoms with E-state index in [1.807, 2.05) is 31.3 Å². The van der Waals surface area contributed by atoms with Gasteiger partial charge in [0.25, 0.3) is 5.91 Å². The lowest BCUT2D eigenvalue weighted by atomic mass is 10.2. The largest absolute Gasteiger partial charge is 0.481 e. The van der Waals surface area contributed by atoms with Crippen molar-refractivity contribution in [1.82, 2.24) is 10.2 Å². The van der Waals surface area contributed by atoms with Crippen molar-refractivity contribution in [2.75, 3.05) is 33.4 Å². The molecule has 2 rings (SSSR count). The van der Waals surface area contributed by atoms with Crippen LogP contribution in [0.4, 0.5) is 0 Å². The van der Waals surface area contributed by atoms with Crippen LogP contribution in [0.15, 0.2) is 24.3 Å². The van der Waals surface area contributed by atoms with Gasteiger partial charge in [0.05, 0.1) is 13.2 Å². The van der Waals surface area contributed by atoms with Gasteiger partial charge in [-0.3, -0.25) is 4.79 Å². The van der Waals surface area contributed by atoms with Crippen LogP contribution in [0.1, 0.15) is 12.5 Å². The number of hydrogen-bond acceptors (Lipinski definition) is 4. The predicted octanol–water partition coefficient (Wildman–Crippen LogP) is 1.03. The molecule has 1 aliphatic heterocycles. The second kappa shape index (κ2) is 7.26. The maximum Gasteiger partial charge on any atom is 0.263 e. The average Bonchev–Trinajstić information content (AvgIpc) is 2.49. The van der Waals surface area contributed by atoms with Gasteiger partial charge in [0.15, 0.2) is 6.10 Å². The van der Waals surface area contributed by atoms with Crippen LogP contribution in [0.2, 0.25) is 0 Å². The number of rotatable bonds is 5. The van der Waals surface area contributed by atoms with E-state index in [1.165, 1.54) is 5.56 Å². The second-order valence-corrected chi connectivity index (χ2v) is 4.87. The van der Waals surface area contributed by atoms with E-state index in [0.29, 0.717) is 26.3 Å². The molecule has 110 valence electrons. The number of amides is 1. The van der Waals surface area contributed by atoms with Crippen LogP contribution in [-0.4, -0.2) is 50.3 Å². The Bertz CT molecular complexity index is 427. The van der Waals surface area contributed by atoms with E-state index in [0.717, 1.165) is 12.3 Å². The number of benzene rings is 1. The molecule has 1 aliphatic rings. The molecule has 1 fully saturated rings. The van der Waals surface area contributed by atoms with Crippen LogP contribution in [0.25, 0.3) is 0 Å². The molecule has 0 radical (unpaired) electrons. The summed E-state index contributed by atoms with van der Waals surface area (Å²) >= 11 is 0. The smallest absolute Gasteiger partial charge is 0.263 e. The number of ether oxygens (including phenoxy) is 2. The highest BCUT2D eigenvalue weighted by Gasteiger charge is 2.23. The van der Waals surface area contributed by atoms with E-state index in [1.54, 1.807) is 11.8 Å². The fourth-order valence-electron chi connectivity index (χ4n) is 2.19. The minimum Gasteiger partial charge on any atom is -0.481 e. The molecule has 0 bridgehead atoms. The highest BCUT2D eigenvalue weighted by Crippen LogP contribution is 2.15. The molecule has 1 N–H and O–H groups in total. The Hall–Kier alpha value is -1.59. The predicted molar refractivity (Wildman–Crippen MR) is 76.7 cm³/mol. The summed E-state index contributed by atoms with van der Waals surface area (Å²) in [5.74, 6) is 0.742. The van der Waals surface area contributed by atoms with E-state index < -0.39 is 6.10 Å². The molecule has 1 heterocycles. The van der Waals surface area contributed by atoms with Crippen LogP contribution in [0.3, 0.4) is 0 Å². The Labute approximate surface area is 119 Å². The molecule has 1 unspecified atom stereocenters. The molecule has 1 aromatic rings. The lowest BCUT2D eigenvalue weighted by molar-refractivity contribution is -0.142. The molecule has 20 heavy (non-hydrogen) atoms. The van der Waals surface area contributed by atoms with E-state index >= 15 is 0 Å². The number of nitrogens with zero attached hydrogens (tertiary/aromatic N) is 1. The summed E-state index contributed by atoms with van der Waals surface area (Å²) in [5.41, 5.74) is 1.19. The summed E-state index contributed by atoms with van der Waals surface area (Å²) in [4.78, 5) is 14.0. The molecular formula is C15H22N2O3. The van der Waals surface area contributed by atoms with E-state index in [2.05, 4.69) is 5.32 Å². The Morgan fingerprint density at radius 3 is 2.60 bits per heavy atom. The summed E-state index contributed by atoms with van der Waals surface area (Å²) in [6.07, 6.45) is -0.469. The number of carbonyl (C=O) groups is 1. The Morgan fingerprint density at radius 2 is 2.00 bits per heavy atom. The first-order valence-electron chi connectivity index (χ1n) is 6.97. The zero-order chi connectivity index (χ0) is 14.4. The van der Waals surface area contributed by atoms with Gasteiger partial charge in [-0.2, -0.15) is 0 Å². The summed E-state index contributed by atoms with van der Waals surface area (Å²) in [5, 5.41) is 3.09. The topological polar surface area (TPSA) is 50.8 Å². The monoisotopic (exact) mass is 278 g/mol. The van der Waals surface area contributed by atoms with Crippen molar-refractivity contribution in [2.45, 2.75) is 19.6 Å². The summed E-state index contributed by atoms with van der Waals surface area (Å²) in [6.45, 7) is 5.12. The van der Waals surface area contributed by atoms with Gasteiger partial charge < -0.3 is 19.7 Å². The molecular weight excluding hydrogens is 256 g/mol. The van der Waals surface area contributed by atoms with Gasteiger partial charge in [-0.25, -0.2) is 0 Å². The maximum atomic E-state index is 12.2. The van der Waals surface area contributed by atoms with Crippen molar-refractivity contribution < 1.29 is 14.3 Å². The fourth-order valence-corrected chi connectivity index (χ4v) is 2.19. The molecule has 5 nitrogen and oxygen atoms in total. The van der Waals surface area contributed by atoms with Gasteiger partial charge in [0.2, 0.25) is 0 Å². The number of nitrogens with one attached hydrogen (secondary N) is 1. The summed E-state index contributed by atoms with van der Waals surface area (Å²) < 4.78 is 11.0. The van der Waals surface area contributed by atoms with Gasteiger partial charge in [0, 0.05) is 19.6 Å². The van der Waals surface area contributed by atoms with E-state index in [4.69, 9.17) is 9.47 Å². The molecule has 5 heteroatoms. The fraction of sp³-hybridized carbons (Fsp3) is 0.533. The first-order valence-corrected chi connectivity index (χ1v) is 6.97. The standard InChI is InChI=1S/C15H22N2O3/c1-12(15(18)17-7-9-19-10-8-17)20-14-5-3-13(4-6-14)11-16-2/h3-6,12,16H,7-11H2,1-2H3. The van der Waals surface area contributed by atoms with Crippen LogP contribution >= 0.6 is 0 Å². The molecule has 0 saturated carbocycles. The first-order chi connectivity index (χ1) is 9.70. The molecule has 1 saturated heterocycles. The Morgan fingerprint density at radius 1 is 1.35 bits per heavy atom. The first kappa shape index (κ1) is 14.8. The van der Waals surface area contributed by atoms with Crippen molar-refractivity contribution in [1.29, 1.82) is 0 Å². The van der Waals surface area contributed by atoms with Crippen LogP contribution < -0.4 is 10.1 Å². The highest BCUT2D eigenvalue weighted by molar-refractivity contribution is 5.81. The van der Waals surface area contributed by atoms with Crippen molar-refractivity contribution in [3.05, 3.63) is 29.8 Å². The molecule has 1 aromatic carbocycles. The normalized spacial score (nSPS) is 16.8. The van der Waals surface area contributed by atoms with Crippen molar-refractivity contribution in [3.8, 4) is 5.75 Å². The summed E-state index contributed by atoms with van der Waals surface area (Å²) in [6, 6.07) is 7.79. The number of carbonyl (C=O) groups excluding carboxylic acids is 1. The van der Waals surface area contributed by atoms with Gasteiger partial charge >= 0.3 is 0 Å². The highest BCUT2D eigenvalue weighted by atomic mass is 16.5. The lowest BCUT2D eigenvalue weighted by Gasteiger charge is -2.29.